The second-order valence-corrected chi connectivity index (χ2v) is 4.88. The van der Waals surface area contributed by atoms with Crippen LogP contribution in [0.4, 0.5) is 5.82 Å². The summed E-state index contributed by atoms with van der Waals surface area (Å²) < 4.78 is 7.32. The van der Waals surface area contributed by atoms with E-state index in [1.165, 1.54) is 0 Å². The van der Waals surface area contributed by atoms with E-state index >= 15 is 0 Å². The van der Waals surface area contributed by atoms with Gasteiger partial charge < -0.3 is 10.1 Å². The summed E-state index contributed by atoms with van der Waals surface area (Å²) in [5, 5.41) is 15.1. The summed E-state index contributed by atoms with van der Waals surface area (Å²) >= 11 is 0. The first-order valence-corrected chi connectivity index (χ1v) is 6.74. The van der Waals surface area contributed by atoms with Gasteiger partial charge in [0.15, 0.2) is 5.82 Å². The molecule has 2 aromatic heterocycles. The Morgan fingerprint density at radius 2 is 2.30 bits per heavy atom. The molecule has 20 heavy (non-hydrogen) atoms. The van der Waals surface area contributed by atoms with Gasteiger partial charge in [-0.15, -0.1) is 5.10 Å². The van der Waals surface area contributed by atoms with Crippen LogP contribution in [0.1, 0.15) is 12.8 Å². The first-order chi connectivity index (χ1) is 9.92. The van der Waals surface area contributed by atoms with Crippen molar-refractivity contribution in [3.8, 4) is 0 Å². The van der Waals surface area contributed by atoms with Crippen LogP contribution in [0.2, 0.25) is 0 Å². The van der Waals surface area contributed by atoms with Crippen molar-refractivity contribution in [2.45, 2.75) is 18.9 Å². The molecular weight excluding hydrogens is 256 g/mol. The summed E-state index contributed by atoms with van der Waals surface area (Å²) in [6.45, 7) is 1.58. The van der Waals surface area contributed by atoms with Crippen molar-refractivity contribution in [1.29, 1.82) is 0 Å². The average Bonchev–Trinajstić information content (AvgIpc) is 3.16. The molecule has 4 rings (SSSR count). The van der Waals surface area contributed by atoms with E-state index in [4.69, 9.17) is 4.74 Å². The first kappa shape index (κ1) is 11.5. The highest BCUT2D eigenvalue weighted by atomic mass is 16.5. The Morgan fingerprint density at radius 3 is 3.20 bits per heavy atom. The lowest BCUT2D eigenvalue weighted by molar-refractivity contribution is 0.120. The maximum Gasteiger partial charge on any atom is 0.222 e. The summed E-state index contributed by atoms with van der Waals surface area (Å²) in [5.41, 5.74) is 2.40. The zero-order chi connectivity index (χ0) is 13.4. The third-order valence-electron chi connectivity index (χ3n) is 3.54. The molecular formula is C13H14N6O. The van der Waals surface area contributed by atoms with Gasteiger partial charge in [-0.25, -0.2) is 4.98 Å². The summed E-state index contributed by atoms with van der Waals surface area (Å²) in [7, 11) is 0. The smallest absolute Gasteiger partial charge is 0.222 e. The molecule has 1 aliphatic rings. The van der Waals surface area contributed by atoms with Gasteiger partial charge in [-0.05, 0) is 35.4 Å². The van der Waals surface area contributed by atoms with Gasteiger partial charge in [-0.2, -0.15) is 4.52 Å². The van der Waals surface area contributed by atoms with Crippen LogP contribution in [0.3, 0.4) is 0 Å². The summed E-state index contributed by atoms with van der Waals surface area (Å²) in [5.74, 6) is 0.698. The minimum absolute atomic E-state index is 0.249. The van der Waals surface area contributed by atoms with Crippen molar-refractivity contribution in [2.24, 2.45) is 0 Å². The minimum atomic E-state index is 0.249. The molecule has 1 fully saturated rings. The van der Waals surface area contributed by atoms with Crippen LogP contribution >= 0.6 is 0 Å². The zero-order valence-corrected chi connectivity index (χ0v) is 10.9. The van der Waals surface area contributed by atoms with Crippen LogP contribution in [0, 0.1) is 0 Å². The number of anilines is 1. The highest BCUT2D eigenvalue weighted by molar-refractivity contribution is 5.81. The van der Waals surface area contributed by atoms with Gasteiger partial charge in [-0.3, -0.25) is 0 Å². The van der Waals surface area contributed by atoms with Crippen LogP contribution in [-0.4, -0.2) is 44.3 Å². The number of nitrogens with zero attached hydrogens (tertiary/aromatic N) is 5. The van der Waals surface area contributed by atoms with E-state index in [9.17, 15) is 0 Å². The molecule has 0 radical (unpaired) electrons. The quantitative estimate of drug-likeness (QED) is 0.772. The van der Waals surface area contributed by atoms with Gasteiger partial charge in [-0.1, -0.05) is 12.1 Å². The molecule has 0 saturated carbocycles. The Bertz CT molecular complexity index is 749. The highest BCUT2D eigenvalue weighted by Crippen LogP contribution is 2.19. The minimum Gasteiger partial charge on any atom is -0.376 e. The number of hydrogen-bond donors (Lipinski definition) is 1. The normalized spacial score (nSPS) is 18.9. The Kier molecular flexibility index (Phi) is 2.70. The number of tetrazole rings is 1. The van der Waals surface area contributed by atoms with Gasteiger partial charge in [0, 0.05) is 13.2 Å². The molecule has 1 N–H and O–H groups in total. The fraction of sp³-hybridized carbons (Fsp3) is 0.385. The lowest BCUT2D eigenvalue weighted by Gasteiger charge is -2.12. The SMILES string of the molecule is c1ccc2c(c1)nc(NC[C@@H]1CCCO1)c1nnnn12. The van der Waals surface area contributed by atoms with Crippen molar-refractivity contribution in [2.75, 3.05) is 18.5 Å². The van der Waals surface area contributed by atoms with E-state index in [1.54, 1.807) is 4.52 Å². The number of para-hydroxylation sites is 2. The number of rotatable bonds is 3. The Balaban J connectivity index is 1.74. The maximum absolute atomic E-state index is 5.61. The molecule has 0 spiro atoms. The standard InChI is InChI=1S/C13H14N6O/c1-2-6-11-10(5-1)15-12(13-16-17-18-19(11)13)14-8-9-4-3-7-20-9/h1-2,5-6,9H,3-4,7-8H2,(H,14,15)/t9-/m0/s1. The number of ether oxygens (including phenoxy) is 1. The number of aromatic nitrogens is 5. The van der Waals surface area contributed by atoms with E-state index in [2.05, 4.69) is 25.8 Å². The molecule has 3 heterocycles. The van der Waals surface area contributed by atoms with Crippen molar-refractivity contribution in [1.82, 2.24) is 25.0 Å². The molecule has 1 saturated heterocycles. The van der Waals surface area contributed by atoms with E-state index in [-0.39, 0.29) is 6.10 Å². The van der Waals surface area contributed by atoms with Crippen molar-refractivity contribution in [3.63, 3.8) is 0 Å². The van der Waals surface area contributed by atoms with Crippen molar-refractivity contribution in [3.05, 3.63) is 24.3 Å². The van der Waals surface area contributed by atoms with Gasteiger partial charge in [0.25, 0.3) is 0 Å². The predicted octanol–water partition coefficient (Wildman–Crippen LogP) is 1.26. The van der Waals surface area contributed by atoms with Crippen molar-refractivity contribution < 1.29 is 4.74 Å². The third-order valence-corrected chi connectivity index (χ3v) is 3.54. The molecule has 0 unspecified atom stereocenters. The highest BCUT2D eigenvalue weighted by Gasteiger charge is 2.17. The average molecular weight is 270 g/mol. The summed E-state index contributed by atoms with van der Waals surface area (Å²) in [4.78, 5) is 4.61. The fourth-order valence-corrected chi connectivity index (χ4v) is 2.54. The van der Waals surface area contributed by atoms with E-state index in [0.29, 0.717) is 11.5 Å². The second kappa shape index (κ2) is 4.68. The molecule has 3 aromatic rings. The van der Waals surface area contributed by atoms with E-state index in [0.717, 1.165) is 37.0 Å². The first-order valence-electron chi connectivity index (χ1n) is 6.74. The Labute approximate surface area is 114 Å². The molecule has 102 valence electrons. The summed E-state index contributed by atoms with van der Waals surface area (Å²) in [6, 6.07) is 7.81. The van der Waals surface area contributed by atoms with Crippen LogP contribution in [0.25, 0.3) is 16.7 Å². The maximum atomic E-state index is 5.61. The lowest BCUT2D eigenvalue weighted by Crippen LogP contribution is -2.19. The Morgan fingerprint density at radius 1 is 1.35 bits per heavy atom. The molecule has 1 atom stereocenters. The van der Waals surface area contributed by atoms with Gasteiger partial charge in [0.2, 0.25) is 5.65 Å². The Hall–Kier alpha value is -2.28. The molecule has 7 heteroatoms. The molecule has 0 aliphatic carbocycles. The van der Waals surface area contributed by atoms with Crippen LogP contribution in [-0.2, 0) is 4.74 Å². The molecule has 7 nitrogen and oxygen atoms in total. The topological polar surface area (TPSA) is 77.2 Å². The van der Waals surface area contributed by atoms with Gasteiger partial charge in [0.1, 0.15) is 0 Å². The number of benzene rings is 1. The zero-order valence-electron chi connectivity index (χ0n) is 10.9. The predicted molar refractivity (Wildman–Crippen MR) is 73.5 cm³/mol. The molecule has 1 aliphatic heterocycles. The van der Waals surface area contributed by atoms with Crippen molar-refractivity contribution >= 4 is 22.5 Å². The molecule has 0 bridgehead atoms. The molecule has 1 aromatic carbocycles. The van der Waals surface area contributed by atoms with Crippen LogP contribution in [0.5, 0.6) is 0 Å². The van der Waals surface area contributed by atoms with Gasteiger partial charge in [0.05, 0.1) is 17.1 Å². The number of fused-ring (bicyclic) bond motifs is 3. The van der Waals surface area contributed by atoms with Crippen LogP contribution in [0.15, 0.2) is 24.3 Å². The number of nitrogens with one attached hydrogen (secondary N) is 1. The monoisotopic (exact) mass is 270 g/mol. The van der Waals surface area contributed by atoms with Gasteiger partial charge >= 0.3 is 0 Å². The van der Waals surface area contributed by atoms with Crippen LogP contribution < -0.4 is 5.32 Å². The second-order valence-electron chi connectivity index (χ2n) is 4.88. The largest absolute Gasteiger partial charge is 0.376 e. The number of hydrogen-bond acceptors (Lipinski definition) is 6. The lowest BCUT2D eigenvalue weighted by atomic mass is 10.2. The third kappa shape index (κ3) is 1.87. The summed E-state index contributed by atoms with van der Waals surface area (Å²) in [6.07, 6.45) is 2.46. The van der Waals surface area contributed by atoms with E-state index in [1.807, 2.05) is 24.3 Å². The van der Waals surface area contributed by atoms with E-state index < -0.39 is 0 Å². The fourth-order valence-electron chi connectivity index (χ4n) is 2.54. The molecule has 0 amide bonds.